The fourth-order valence-electron chi connectivity index (χ4n) is 5.98. The molecule has 3 atom stereocenters. The Bertz CT molecular complexity index is 1050. The quantitative estimate of drug-likeness (QED) is 0.712. The number of nitrogens with zero attached hydrogens (tertiary/aromatic N) is 4. The van der Waals surface area contributed by atoms with Gasteiger partial charge in [0.25, 0.3) is 5.91 Å². The molecule has 6 nitrogen and oxygen atoms in total. The second-order valence-electron chi connectivity index (χ2n) is 9.20. The van der Waals surface area contributed by atoms with Gasteiger partial charge in [0.2, 0.25) is 0 Å². The molecule has 2 unspecified atom stereocenters. The predicted molar refractivity (Wildman–Crippen MR) is 119 cm³/mol. The maximum atomic E-state index is 13.3. The molecule has 5 heterocycles. The van der Waals surface area contributed by atoms with Crippen LogP contribution in [0.15, 0.2) is 73.1 Å². The minimum Gasteiger partial charge on any atom is -0.348 e. The Kier molecular flexibility index (Phi) is 4.44. The Morgan fingerprint density at radius 3 is 2.29 bits per heavy atom. The highest BCUT2D eigenvalue weighted by Gasteiger charge is 2.55. The smallest absolute Gasteiger partial charge is 0.251 e. The molecule has 158 valence electrons. The summed E-state index contributed by atoms with van der Waals surface area (Å²) in [5.41, 5.74) is 2.93. The topological polar surface area (TPSA) is 53.4 Å². The molecular formula is C25H27N5O. The molecule has 0 aliphatic carbocycles. The summed E-state index contributed by atoms with van der Waals surface area (Å²) < 4.78 is 1.80. The largest absolute Gasteiger partial charge is 0.348 e. The first-order valence-corrected chi connectivity index (χ1v) is 11.1. The molecule has 0 spiro atoms. The van der Waals surface area contributed by atoms with Crippen molar-refractivity contribution in [1.82, 2.24) is 24.9 Å². The van der Waals surface area contributed by atoms with E-state index in [9.17, 15) is 4.79 Å². The maximum absolute atomic E-state index is 13.3. The molecule has 6 heteroatoms. The Labute approximate surface area is 182 Å². The fourth-order valence-corrected chi connectivity index (χ4v) is 5.98. The van der Waals surface area contributed by atoms with Crippen LogP contribution in [0, 0.1) is 5.92 Å². The van der Waals surface area contributed by atoms with Crippen LogP contribution in [0.5, 0.6) is 0 Å². The first kappa shape index (κ1) is 18.8. The van der Waals surface area contributed by atoms with Crippen molar-refractivity contribution in [3.8, 4) is 5.69 Å². The molecule has 3 aromatic rings. The van der Waals surface area contributed by atoms with Gasteiger partial charge in [-0.3, -0.25) is 4.79 Å². The first-order valence-electron chi connectivity index (χ1n) is 11.1. The highest BCUT2D eigenvalue weighted by molar-refractivity contribution is 5.94. The minimum absolute atomic E-state index is 0.0171. The van der Waals surface area contributed by atoms with Crippen molar-refractivity contribution in [3.05, 3.63) is 84.2 Å². The van der Waals surface area contributed by atoms with Crippen LogP contribution >= 0.6 is 0 Å². The zero-order valence-corrected chi connectivity index (χ0v) is 17.5. The number of nitrogens with one attached hydrogen (secondary N) is 1. The zero-order valence-electron chi connectivity index (χ0n) is 17.5. The molecule has 0 radical (unpaired) electrons. The number of hydrogen-bond donors (Lipinski definition) is 1. The third-order valence-electron chi connectivity index (χ3n) is 7.33. The van der Waals surface area contributed by atoms with Crippen molar-refractivity contribution in [2.75, 3.05) is 39.3 Å². The molecule has 31 heavy (non-hydrogen) atoms. The summed E-state index contributed by atoms with van der Waals surface area (Å²) in [6, 6.07) is 20.6. The second kappa shape index (κ2) is 7.32. The van der Waals surface area contributed by atoms with E-state index < -0.39 is 0 Å². The number of rotatable bonds is 4. The Balaban J connectivity index is 1.31. The summed E-state index contributed by atoms with van der Waals surface area (Å²) in [6.45, 7) is 6.39. The molecule has 4 aliphatic heterocycles. The van der Waals surface area contributed by atoms with Gasteiger partial charge in [0.15, 0.2) is 0 Å². The van der Waals surface area contributed by atoms with Crippen LogP contribution < -0.4 is 5.32 Å². The van der Waals surface area contributed by atoms with E-state index in [-0.39, 0.29) is 17.4 Å². The maximum Gasteiger partial charge on any atom is 0.251 e. The molecule has 4 aliphatic rings. The highest BCUT2D eigenvalue weighted by atomic mass is 16.1. The molecule has 1 amide bonds. The van der Waals surface area contributed by atoms with E-state index in [1.165, 1.54) is 5.56 Å². The predicted octanol–water partition coefficient (Wildman–Crippen LogP) is 2.17. The van der Waals surface area contributed by atoms with E-state index >= 15 is 0 Å². The van der Waals surface area contributed by atoms with Crippen LogP contribution in [-0.4, -0.2) is 70.8 Å². The monoisotopic (exact) mass is 413 g/mol. The minimum atomic E-state index is -0.0659. The van der Waals surface area contributed by atoms with E-state index in [4.69, 9.17) is 0 Å². The van der Waals surface area contributed by atoms with Crippen molar-refractivity contribution >= 4 is 5.91 Å². The van der Waals surface area contributed by atoms with E-state index in [2.05, 4.69) is 50.5 Å². The van der Waals surface area contributed by atoms with Crippen LogP contribution in [0.1, 0.15) is 15.9 Å². The lowest BCUT2D eigenvalue weighted by molar-refractivity contribution is 0.0180. The average molecular weight is 414 g/mol. The fraction of sp³-hybridized carbons (Fsp3) is 0.360. The molecule has 1 aromatic heterocycles. The Morgan fingerprint density at radius 1 is 0.935 bits per heavy atom. The molecule has 4 saturated heterocycles. The summed E-state index contributed by atoms with van der Waals surface area (Å²) in [7, 11) is 0. The van der Waals surface area contributed by atoms with Crippen LogP contribution in [0.4, 0.5) is 0 Å². The van der Waals surface area contributed by atoms with Gasteiger partial charge in [-0.2, -0.15) is 5.10 Å². The lowest BCUT2D eigenvalue weighted by atomic mass is 9.64. The van der Waals surface area contributed by atoms with E-state index in [0.717, 1.165) is 45.0 Å². The molecule has 7 rings (SSSR count). The second-order valence-corrected chi connectivity index (χ2v) is 9.20. The summed E-state index contributed by atoms with van der Waals surface area (Å²) in [5.74, 6) is 0.459. The third-order valence-corrected chi connectivity index (χ3v) is 7.33. The van der Waals surface area contributed by atoms with Gasteiger partial charge in [0.05, 0.1) is 5.69 Å². The van der Waals surface area contributed by atoms with Crippen LogP contribution in [0.3, 0.4) is 0 Å². The molecule has 2 aromatic carbocycles. The van der Waals surface area contributed by atoms with Crippen molar-refractivity contribution in [3.63, 3.8) is 0 Å². The number of amides is 1. The van der Waals surface area contributed by atoms with Gasteiger partial charge in [-0.25, -0.2) is 4.68 Å². The molecule has 0 saturated carbocycles. The van der Waals surface area contributed by atoms with Crippen LogP contribution in [-0.2, 0) is 5.41 Å². The number of piperidine rings is 2. The number of benzene rings is 2. The van der Waals surface area contributed by atoms with E-state index in [1.54, 1.807) is 10.9 Å². The summed E-state index contributed by atoms with van der Waals surface area (Å²) >= 11 is 0. The Morgan fingerprint density at radius 2 is 1.65 bits per heavy atom. The number of aromatic nitrogens is 2. The number of hydrogen-bond acceptors (Lipinski definition) is 4. The van der Waals surface area contributed by atoms with Crippen LogP contribution in [0.2, 0.25) is 0 Å². The molecule has 1 N–H and O–H groups in total. The summed E-state index contributed by atoms with van der Waals surface area (Å²) in [5, 5.41) is 7.75. The normalized spacial score (nSPS) is 31.4. The van der Waals surface area contributed by atoms with Crippen molar-refractivity contribution < 1.29 is 4.79 Å². The number of carbonyl (C=O) groups excluding carboxylic acids is 1. The van der Waals surface area contributed by atoms with Gasteiger partial charge >= 0.3 is 0 Å². The average Bonchev–Trinajstić information content (AvgIpc) is 3.23. The zero-order chi connectivity index (χ0) is 20.8. The van der Waals surface area contributed by atoms with Crippen molar-refractivity contribution in [1.29, 1.82) is 0 Å². The van der Waals surface area contributed by atoms with E-state index in [0.29, 0.717) is 11.5 Å². The first-order chi connectivity index (χ1) is 15.2. The van der Waals surface area contributed by atoms with Crippen LogP contribution in [0.25, 0.3) is 5.69 Å². The van der Waals surface area contributed by atoms with Gasteiger partial charge in [-0.1, -0.05) is 30.3 Å². The number of carbonyl (C=O) groups is 1. The highest BCUT2D eigenvalue weighted by Crippen LogP contribution is 2.43. The molecule has 4 bridgehead atoms. The van der Waals surface area contributed by atoms with Gasteiger partial charge in [-0.05, 0) is 35.9 Å². The summed E-state index contributed by atoms with van der Waals surface area (Å²) in [4.78, 5) is 18.5. The summed E-state index contributed by atoms with van der Waals surface area (Å²) in [6.07, 6.45) is 3.66. The van der Waals surface area contributed by atoms with E-state index in [1.807, 2.05) is 36.5 Å². The number of fused-ring (bicyclic) bond motifs is 1. The molecular weight excluding hydrogens is 386 g/mol. The van der Waals surface area contributed by atoms with Gasteiger partial charge < -0.3 is 15.1 Å². The standard InChI is InChI=1S/C25H27N5O/c31-24(19-7-9-22(10-8-19)30-12-4-11-26-30)27-23-20-15-28-13-14-29(16-20)18-25(23,17-28)21-5-2-1-3-6-21/h1-12,20,23H,13-18H2,(H,27,31)/t20?,23-,25?/m0/s1. The van der Waals surface area contributed by atoms with Crippen molar-refractivity contribution in [2.45, 2.75) is 11.5 Å². The van der Waals surface area contributed by atoms with Gasteiger partial charge in [0, 0.05) is 74.6 Å². The Hall–Kier alpha value is -2.96. The lowest BCUT2D eigenvalue weighted by Gasteiger charge is -2.55. The van der Waals surface area contributed by atoms with Gasteiger partial charge in [0.1, 0.15) is 0 Å². The lowest BCUT2D eigenvalue weighted by Crippen LogP contribution is -2.70. The van der Waals surface area contributed by atoms with Gasteiger partial charge in [-0.15, -0.1) is 0 Å². The molecule has 4 fully saturated rings. The van der Waals surface area contributed by atoms with Crippen molar-refractivity contribution in [2.24, 2.45) is 5.92 Å². The SMILES string of the molecule is O=C(N[C@H]1C2CN3CCN(C2)CC1(c1ccccc1)C3)c1ccc(-n2cccn2)cc1. The third kappa shape index (κ3) is 3.18.